The molecule has 4 nitrogen and oxygen atoms in total. The minimum atomic E-state index is 0.121. The molecular formula is C26H27N3OS. The number of piperidine rings is 1. The molecule has 2 heterocycles. The Hall–Kier alpha value is -2.76. The van der Waals surface area contributed by atoms with Crippen LogP contribution < -0.4 is 5.32 Å². The first-order chi connectivity index (χ1) is 15.2. The molecule has 1 saturated heterocycles. The summed E-state index contributed by atoms with van der Waals surface area (Å²) in [5, 5.41) is 7.14. The Morgan fingerprint density at radius 3 is 2.65 bits per heavy atom. The fourth-order valence-electron chi connectivity index (χ4n) is 4.53. The summed E-state index contributed by atoms with van der Waals surface area (Å²) < 4.78 is 1.25. The zero-order valence-corrected chi connectivity index (χ0v) is 18.6. The molecule has 1 N–H and O–H groups in total. The monoisotopic (exact) mass is 429 g/mol. The van der Waals surface area contributed by atoms with Gasteiger partial charge in [-0.2, -0.15) is 0 Å². The predicted octanol–water partition coefficient (Wildman–Crippen LogP) is 5.51. The van der Waals surface area contributed by atoms with Crippen LogP contribution in [0, 0.1) is 0 Å². The van der Waals surface area contributed by atoms with Crippen molar-refractivity contribution in [2.24, 2.45) is 0 Å². The number of rotatable bonds is 5. The van der Waals surface area contributed by atoms with E-state index in [0.29, 0.717) is 12.5 Å². The number of likely N-dealkylation sites (tertiary alicyclic amines) is 1. The minimum Gasteiger partial charge on any atom is -0.342 e. The first-order valence-corrected chi connectivity index (χ1v) is 11.8. The van der Waals surface area contributed by atoms with Crippen molar-refractivity contribution in [1.29, 1.82) is 0 Å². The number of carbonyl (C=O) groups is 1. The van der Waals surface area contributed by atoms with Crippen molar-refractivity contribution in [1.82, 2.24) is 15.2 Å². The molecule has 1 aromatic heterocycles. The second kappa shape index (κ2) is 8.77. The van der Waals surface area contributed by atoms with E-state index in [4.69, 9.17) is 4.98 Å². The van der Waals surface area contributed by atoms with Crippen LogP contribution in [-0.4, -0.2) is 35.4 Å². The number of hydrogen-bond acceptors (Lipinski definition) is 4. The first kappa shape index (κ1) is 20.2. The first-order valence-electron chi connectivity index (χ1n) is 11.0. The molecule has 0 spiro atoms. The molecule has 0 radical (unpaired) electrons. The molecule has 0 aliphatic carbocycles. The van der Waals surface area contributed by atoms with Gasteiger partial charge in [0.15, 0.2) is 0 Å². The SMILES string of the molecule is CC(NCC(=O)N1CCC(c2nc3ccccc3s2)CC1)c1cccc2ccccc12. The van der Waals surface area contributed by atoms with E-state index in [1.54, 1.807) is 11.3 Å². The van der Waals surface area contributed by atoms with Crippen molar-refractivity contribution in [3.63, 3.8) is 0 Å². The van der Waals surface area contributed by atoms with Gasteiger partial charge in [0.05, 0.1) is 21.8 Å². The Labute approximate surface area is 186 Å². The van der Waals surface area contributed by atoms with Gasteiger partial charge in [0, 0.05) is 25.0 Å². The maximum Gasteiger partial charge on any atom is 0.236 e. The van der Waals surface area contributed by atoms with Crippen LogP contribution in [0.2, 0.25) is 0 Å². The molecule has 1 atom stereocenters. The summed E-state index contributed by atoms with van der Waals surface area (Å²) >= 11 is 1.80. The molecule has 1 amide bonds. The normalized spacial score (nSPS) is 16.1. The number of amides is 1. The quantitative estimate of drug-likeness (QED) is 0.455. The lowest BCUT2D eigenvalue weighted by atomic mass is 9.97. The standard InChI is InChI=1S/C26H27N3OS/c1-18(21-10-6-8-19-7-2-3-9-22(19)21)27-17-25(30)29-15-13-20(14-16-29)26-28-23-11-4-5-12-24(23)31-26/h2-12,18,20,27H,13-17H2,1H3. The van der Waals surface area contributed by atoms with Crippen LogP contribution in [0.4, 0.5) is 0 Å². The third-order valence-corrected chi connectivity index (χ3v) is 7.56. The smallest absolute Gasteiger partial charge is 0.236 e. The molecule has 1 aliphatic rings. The summed E-state index contributed by atoms with van der Waals surface area (Å²) in [5.74, 6) is 0.652. The van der Waals surface area contributed by atoms with E-state index in [2.05, 4.69) is 72.9 Å². The predicted molar refractivity (Wildman–Crippen MR) is 129 cm³/mol. The lowest BCUT2D eigenvalue weighted by molar-refractivity contribution is -0.131. The summed E-state index contributed by atoms with van der Waals surface area (Å²) in [6.45, 7) is 4.12. The molecular weight excluding hydrogens is 402 g/mol. The van der Waals surface area contributed by atoms with Crippen LogP contribution in [0.1, 0.15) is 42.3 Å². The third kappa shape index (κ3) is 4.21. The van der Waals surface area contributed by atoms with Crippen LogP contribution in [0.3, 0.4) is 0 Å². The van der Waals surface area contributed by atoms with E-state index in [1.807, 2.05) is 11.0 Å². The molecule has 1 unspecified atom stereocenters. The topological polar surface area (TPSA) is 45.2 Å². The Morgan fingerprint density at radius 2 is 1.81 bits per heavy atom. The second-order valence-corrected chi connectivity index (χ2v) is 9.41. The maximum atomic E-state index is 12.8. The largest absolute Gasteiger partial charge is 0.342 e. The zero-order valence-electron chi connectivity index (χ0n) is 17.8. The Bertz CT molecular complexity index is 1170. The van der Waals surface area contributed by atoms with Gasteiger partial charge in [-0.25, -0.2) is 4.98 Å². The third-order valence-electron chi connectivity index (χ3n) is 6.36. The van der Waals surface area contributed by atoms with E-state index in [-0.39, 0.29) is 11.9 Å². The highest BCUT2D eigenvalue weighted by atomic mass is 32.1. The maximum absolute atomic E-state index is 12.8. The van der Waals surface area contributed by atoms with Gasteiger partial charge < -0.3 is 10.2 Å². The summed E-state index contributed by atoms with van der Waals surface area (Å²) in [7, 11) is 0. The fourth-order valence-corrected chi connectivity index (χ4v) is 5.67. The fraction of sp³-hybridized carbons (Fsp3) is 0.308. The molecule has 5 rings (SSSR count). The molecule has 158 valence electrons. The lowest BCUT2D eigenvalue weighted by Crippen LogP contribution is -2.43. The van der Waals surface area contributed by atoms with Crippen molar-refractivity contribution < 1.29 is 4.79 Å². The average molecular weight is 430 g/mol. The molecule has 0 bridgehead atoms. The zero-order chi connectivity index (χ0) is 21.2. The van der Waals surface area contributed by atoms with E-state index in [1.165, 1.54) is 26.0 Å². The number of aromatic nitrogens is 1. The van der Waals surface area contributed by atoms with Crippen LogP contribution >= 0.6 is 11.3 Å². The van der Waals surface area contributed by atoms with Gasteiger partial charge in [-0.05, 0) is 48.2 Å². The Balaban J connectivity index is 1.17. The summed E-state index contributed by atoms with van der Waals surface area (Å²) in [4.78, 5) is 19.7. The molecule has 1 aliphatic heterocycles. The number of para-hydroxylation sites is 1. The van der Waals surface area contributed by atoms with Gasteiger partial charge >= 0.3 is 0 Å². The number of nitrogens with zero attached hydrogens (tertiary/aromatic N) is 2. The summed E-state index contributed by atoms with van der Waals surface area (Å²) in [6.07, 6.45) is 1.98. The summed E-state index contributed by atoms with van der Waals surface area (Å²) in [5.41, 5.74) is 2.33. The molecule has 1 fully saturated rings. The van der Waals surface area contributed by atoms with Crippen molar-refractivity contribution in [2.45, 2.75) is 31.7 Å². The van der Waals surface area contributed by atoms with E-state index in [9.17, 15) is 4.79 Å². The molecule has 4 aromatic rings. The van der Waals surface area contributed by atoms with Crippen LogP contribution in [0.15, 0.2) is 66.7 Å². The molecule has 31 heavy (non-hydrogen) atoms. The van der Waals surface area contributed by atoms with Gasteiger partial charge in [-0.15, -0.1) is 11.3 Å². The number of carbonyl (C=O) groups excluding carboxylic acids is 1. The van der Waals surface area contributed by atoms with Gasteiger partial charge in [0.25, 0.3) is 0 Å². The van der Waals surface area contributed by atoms with Crippen molar-refractivity contribution in [3.8, 4) is 0 Å². The van der Waals surface area contributed by atoms with Crippen molar-refractivity contribution in [3.05, 3.63) is 77.3 Å². The Kier molecular flexibility index (Phi) is 5.70. The highest BCUT2D eigenvalue weighted by molar-refractivity contribution is 7.18. The molecule has 5 heteroatoms. The van der Waals surface area contributed by atoms with E-state index >= 15 is 0 Å². The molecule has 3 aromatic carbocycles. The number of nitrogens with one attached hydrogen (secondary N) is 1. The van der Waals surface area contributed by atoms with Crippen molar-refractivity contribution in [2.75, 3.05) is 19.6 Å². The van der Waals surface area contributed by atoms with E-state index < -0.39 is 0 Å². The van der Waals surface area contributed by atoms with E-state index in [0.717, 1.165) is 31.4 Å². The van der Waals surface area contributed by atoms with Gasteiger partial charge in [-0.3, -0.25) is 4.79 Å². The van der Waals surface area contributed by atoms with Crippen LogP contribution in [-0.2, 0) is 4.79 Å². The minimum absolute atomic E-state index is 0.121. The van der Waals surface area contributed by atoms with Crippen molar-refractivity contribution >= 4 is 38.2 Å². The highest BCUT2D eigenvalue weighted by Gasteiger charge is 2.26. The number of fused-ring (bicyclic) bond motifs is 2. The molecule has 0 saturated carbocycles. The number of thiazole rings is 1. The van der Waals surface area contributed by atoms with Gasteiger partial charge in [0.1, 0.15) is 0 Å². The second-order valence-electron chi connectivity index (χ2n) is 8.35. The van der Waals surface area contributed by atoms with Crippen LogP contribution in [0.25, 0.3) is 21.0 Å². The lowest BCUT2D eigenvalue weighted by Gasteiger charge is -2.31. The Morgan fingerprint density at radius 1 is 1.06 bits per heavy atom. The number of benzene rings is 3. The summed E-state index contributed by atoms with van der Waals surface area (Å²) in [6, 6.07) is 23.2. The van der Waals surface area contributed by atoms with Gasteiger partial charge in [-0.1, -0.05) is 54.6 Å². The highest BCUT2D eigenvalue weighted by Crippen LogP contribution is 2.33. The average Bonchev–Trinajstić information content (AvgIpc) is 3.26. The van der Waals surface area contributed by atoms with Gasteiger partial charge in [0.2, 0.25) is 5.91 Å². The number of hydrogen-bond donors (Lipinski definition) is 1. The van der Waals surface area contributed by atoms with Crippen LogP contribution in [0.5, 0.6) is 0 Å².